The zero-order valence-corrected chi connectivity index (χ0v) is 24.5. The van der Waals surface area contributed by atoms with E-state index in [2.05, 4.69) is 98.8 Å². The first-order chi connectivity index (χ1) is 18.5. The number of esters is 1. The van der Waals surface area contributed by atoms with Gasteiger partial charge in [-0.1, -0.05) is 86.6 Å². The SMILES string of the molecule is CCC(Sc1ccccc1)(Sc1ccccc1)[C@@H](C)[C@H](Sc1ccccc1)[C@@H](C)OC(=O)c1ccccc1. The molecule has 3 atom stereocenters. The van der Waals surface area contributed by atoms with Gasteiger partial charge in [0.2, 0.25) is 0 Å². The molecule has 196 valence electrons. The van der Waals surface area contributed by atoms with Crippen molar-refractivity contribution in [1.29, 1.82) is 0 Å². The van der Waals surface area contributed by atoms with Gasteiger partial charge in [0, 0.05) is 14.7 Å². The second-order valence-electron chi connectivity index (χ2n) is 9.16. The molecule has 38 heavy (non-hydrogen) atoms. The minimum atomic E-state index is -0.304. The second kappa shape index (κ2) is 14.0. The summed E-state index contributed by atoms with van der Waals surface area (Å²) in [7, 11) is 0. The minimum Gasteiger partial charge on any atom is -0.458 e. The zero-order valence-electron chi connectivity index (χ0n) is 22.0. The van der Waals surface area contributed by atoms with E-state index in [0.717, 1.165) is 6.42 Å². The predicted molar refractivity (Wildman–Crippen MR) is 164 cm³/mol. The predicted octanol–water partition coefficient (Wildman–Crippen LogP) is 9.72. The number of carbonyl (C=O) groups excluding carboxylic acids is 1. The van der Waals surface area contributed by atoms with Crippen LogP contribution in [-0.4, -0.2) is 21.4 Å². The highest BCUT2D eigenvalue weighted by Gasteiger charge is 2.44. The zero-order chi connectivity index (χ0) is 26.8. The standard InChI is InChI=1S/C33H34O2S3/c1-4-33(37-29-21-13-7-14-22-29,38-30-23-15-8-16-24-30)25(2)31(36-28-19-11-6-12-20-28)26(3)35-32(34)27-17-9-5-10-18-27/h5-26,31H,4H2,1-3H3/t25-,26+,31-/m0/s1. The largest absolute Gasteiger partial charge is 0.458 e. The van der Waals surface area contributed by atoms with Crippen molar-refractivity contribution in [3.05, 3.63) is 127 Å². The van der Waals surface area contributed by atoms with E-state index in [1.165, 1.54) is 14.7 Å². The molecule has 5 heteroatoms. The maximum atomic E-state index is 13.1. The van der Waals surface area contributed by atoms with Gasteiger partial charge in [0.1, 0.15) is 6.10 Å². The maximum Gasteiger partial charge on any atom is 0.338 e. The van der Waals surface area contributed by atoms with Crippen molar-refractivity contribution >= 4 is 41.3 Å². The highest BCUT2D eigenvalue weighted by Crippen LogP contribution is 2.55. The molecule has 0 N–H and O–H groups in total. The van der Waals surface area contributed by atoms with E-state index in [1.807, 2.05) is 66.8 Å². The van der Waals surface area contributed by atoms with Crippen LogP contribution >= 0.6 is 35.3 Å². The van der Waals surface area contributed by atoms with Crippen molar-refractivity contribution < 1.29 is 9.53 Å². The molecule has 0 aromatic heterocycles. The van der Waals surface area contributed by atoms with Gasteiger partial charge in [0.25, 0.3) is 0 Å². The van der Waals surface area contributed by atoms with Crippen LogP contribution in [0.25, 0.3) is 0 Å². The molecule has 0 aliphatic rings. The van der Waals surface area contributed by atoms with Gasteiger partial charge in [-0.2, -0.15) is 0 Å². The van der Waals surface area contributed by atoms with Crippen LogP contribution < -0.4 is 0 Å². The first-order valence-corrected chi connectivity index (χ1v) is 15.5. The van der Waals surface area contributed by atoms with Crippen LogP contribution in [-0.2, 0) is 4.74 Å². The highest BCUT2D eigenvalue weighted by molar-refractivity contribution is 8.18. The molecule has 0 radical (unpaired) electrons. The molecular formula is C33H34O2S3. The Kier molecular flexibility index (Phi) is 10.4. The number of rotatable bonds is 12. The summed E-state index contributed by atoms with van der Waals surface area (Å²) in [4.78, 5) is 16.7. The topological polar surface area (TPSA) is 26.3 Å². The molecule has 0 saturated heterocycles. The van der Waals surface area contributed by atoms with Gasteiger partial charge in [-0.3, -0.25) is 0 Å². The lowest BCUT2D eigenvalue weighted by Gasteiger charge is -2.42. The Morgan fingerprint density at radius 1 is 0.684 bits per heavy atom. The molecule has 0 bridgehead atoms. The Balaban J connectivity index is 1.70. The van der Waals surface area contributed by atoms with E-state index < -0.39 is 0 Å². The summed E-state index contributed by atoms with van der Waals surface area (Å²) in [6.07, 6.45) is 0.639. The number of hydrogen-bond donors (Lipinski definition) is 0. The fourth-order valence-corrected chi connectivity index (χ4v) is 9.00. The quantitative estimate of drug-likeness (QED) is 0.0979. The third kappa shape index (κ3) is 7.49. The van der Waals surface area contributed by atoms with Gasteiger partial charge in [0.15, 0.2) is 0 Å². The summed E-state index contributed by atoms with van der Waals surface area (Å²) in [5.41, 5.74) is 0.578. The minimum absolute atomic E-state index is 0.0254. The number of carbonyl (C=O) groups is 1. The van der Waals surface area contributed by atoms with E-state index in [0.29, 0.717) is 5.56 Å². The van der Waals surface area contributed by atoms with Crippen LogP contribution in [0.4, 0.5) is 0 Å². The molecule has 0 amide bonds. The summed E-state index contributed by atoms with van der Waals surface area (Å²) in [6.45, 7) is 6.63. The molecule has 0 unspecified atom stereocenters. The van der Waals surface area contributed by atoms with E-state index in [1.54, 1.807) is 11.8 Å². The number of benzene rings is 4. The summed E-state index contributed by atoms with van der Waals surface area (Å²) in [6, 6.07) is 41.0. The Bertz CT molecular complexity index is 1210. The number of thioether (sulfide) groups is 3. The molecule has 0 fully saturated rings. The number of ether oxygens (including phenoxy) is 1. The van der Waals surface area contributed by atoms with Gasteiger partial charge in [-0.25, -0.2) is 4.79 Å². The number of hydrogen-bond acceptors (Lipinski definition) is 5. The molecular weight excluding hydrogens is 525 g/mol. The fourth-order valence-electron chi connectivity index (χ4n) is 4.44. The Labute approximate surface area is 240 Å². The van der Waals surface area contributed by atoms with Gasteiger partial charge >= 0.3 is 5.97 Å². The Hall–Kier alpha value is -2.60. The average Bonchev–Trinajstić information content (AvgIpc) is 2.97. The first-order valence-electron chi connectivity index (χ1n) is 13.0. The third-order valence-corrected chi connectivity index (χ3v) is 11.7. The summed E-state index contributed by atoms with van der Waals surface area (Å²) >= 11 is 5.64. The van der Waals surface area contributed by atoms with Crippen molar-refractivity contribution in [2.75, 3.05) is 0 Å². The van der Waals surface area contributed by atoms with Crippen LogP contribution in [0.5, 0.6) is 0 Å². The molecule has 0 spiro atoms. The van der Waals surface area contributed by atoms with Crippen molar-refractivity contribution in [2.24, 2.45) is 5.92 Å². The maximum absolute atomic E-state index is 13.1. The van der Waals surface area contributed by atoms with E-state index in [9.17, 15) is 4.79 Å². The van der Waals surface area contributed by atoms with Crippen molar-refractivity contribution in [3.8, 4) is 0 Å². The van der Waals surface area contributed by atoms with Crippen LogP contribution in [0, 0.1) is 5.92 Å². The van der Waals surface area contributed by atoms with Crippen LogP contribution in [0.15, 0.2) is 136 Å². The second-order valence-corrected chi connectivity index (χ2v) is 13.5. The van der Waals surface area contributed by atoms with Crippen LogP contribution in [0.1, 0.15) is 37.6 Å². The average molecular weight is 559 g/mol. The lowest BCUT2D eigenvalue weighted by molar-refractivity contribution is 0.0306. The van der Waals surface area contributed by atoms with E-state index in [4.69, 9.17) is 4.74 Å². The van der Waals surface area contributed by atoms with Gasteiger partial charge in [-0.15, -0.1) is 35.3 Å². The summed E-state index contributed by atoms with van der Waals surface area (Å²) < 4.78 is 5.96. The first kappa shape index (κ1) is 28.4. The normalized spacial score (nSPS) is 13.9. The summed E-state index contributed by atoms with van der Waals surface area (Å²) in [5.74, 6) is -0.107. The van der Waals surface area contributed by atoms with E-state index in [-0.39, 0.29) is 27.3 Å². The fraction of sp³-hybridized carbons (Fsp3) is 0.242. The van der Waals surface area contributed by atoms with Crippen LogP contribution in [0.3, 0.4) is 0 Å². The monoisotopic (exact) mass is 558 g/mol. The molecule has 0 aliphatic heterocycles. The Morgan fingerprint density at radius 2 is 1.11 bits per heavy atom. The molecule has 4 aromatic rings. The Morgan fingerprint density at radius 3 is 1.55 bits per heavy atom. The molecule has 4 aromatic carbocycles. The molecule has 0 heterocycles. The lowest BCUT2D eigenvalue weighted by atomic mass is 9.97. The van der Waals surface area contributed by atoms with Gasteiger partial charge in [-0.05, 0) is 67.8 Å². The van der Waals surface area contributed by atoms with Crippen molar-refractivity contribution in [1.82, 2.24) is 0 Å². The molecule has 2 nitrogen and oxygen atoms in total. The molecule has 0 aliphatic carbocycles. The van der Waals surface area contributed by atoms with Crippen molar-refractivity contribution in [3.63, 3.8) is 0 Å². The smallest absolute Gasteiger partial charge is 0.338 e. The molecule has 4 rings (SSSR count). The summed E-state index contributed by atoms with van der Waals surface area (Å²) in [5, 5.41) is 0.0254. The highest BCUT2D eigenvalue weighted by atomic mass is 32.2. The lowest BCUT2D eigenvalue weighted by Crippen LogP contribution is -2.42. The van der Waals surface area contributed by atoms with Gasteiger partial charge < -0.3 is 4.74 Å². The van der Waals surface area contributed by atoms with Gasteiger partial charge in [0.05, 0.1) is 14.9 Å². The molecule has 0 saturated carbocycles. The van der Waals surface area contributed by atoms with Crippen LogP contribution in [0.2, 0.25) is 0 Å². The van der Waals surface area contributed by atoms with Crippen molar-refractivity contribution in [2.45, 2.75) is 57.3 Å². The van der Waals surface area contributed by atoms with E-state index >= 15 is 0 Å². The third-order valence-electron chi connectivity index (χ3n) is 6.53.